The number of unbranched alkanes of at least 4 members (excludes halogenated alkanes) is 1. The highest BCUT2D eigenvalue weighted by molar-refractivity contribution is 6.00. The van der Waals surface area contributed by atoms with E-state index >= 15 is 0 Å². The molecule has 38 heavy (non-hydrogen) atoms. The largest absolute Gasteiger partial charge is 0.358 e. The van der Waals surface area contributed by atoms with Gasteiger partial charge < -0.3 is 10.3 Å². The number of aromatic nitrogens is 6. The maximum Gasteiger partial charge on any atom is 0.123 e. The Kier molecular flexibility index (Phi) is 6.13. The van der Waals surface area contributed by atoms with E-state index in [9.17, 15) is 4.39 Å². The summed E-state index contributed by atoms with van der Waals surface area (Å²) >= 11 is 0. The van der Waals surface area contributed by atoms with Crippen LogP contribution in [0.5, 0.6) is 0 Å². The summed E-state index contributed by atoms with van der Waals surface area (Å²) < 4.78 is 13.9. The number of fused-ring (bicyclic) bond motifs is 2. The van der Waals surface area contributed by atoms with Gasteiger partial charge in [-0.25, -0.2) is 4.39 Å². The van der Waals surface area contributed by atoms with Gasteiger partial charge in [-0.1, -0.05) is 32.1 Å². The molecule has 7 nitrogen and oxygen atoms in total. The van der Waals surface area contributed by atoms with Crippen LogP contribution in [0.3, 0.4) is 0 Å². The first-order valence-corrected chi connectivity index (χ1v) is 12.6. The zero-order valence-electron chi connectivity index (χ0n) is 20.9. The zero-order valence-corrected chi connectivity index (χ0v) is 20.9. The van der Waals surface area contributed by atoms with E-state index in [1.807, 2.05) is 30.3 Å². The molecule has 0 aliphatic carbocycles. The number of halogens is 1. The smallest absolute Gasteiger partial charge is 0.123 e. The van der Waals surface area contributed by atoms with Crippen LogP contribution in [0.25, 0.3) is 55.7 Å². The van der Waals surface area contributed by atoms with Crippen LogP contribution >= 0.6 is 0 Å². The van der Waals surface area contributed by atoms with Crippen LogP contribution in [0.1, 0.15) is 26.2 Å². The molecule has 0 aliphatic heterocycles. The number of allylic oxidation sites excluding steroid dienone is 1. The predicted molar refractivity (Wildman–Crippen MR) is 150 cm³/mol. The minimum absolute atomic E-state index is 0.297. The van der Waals surface area contributed by atoms with E-state index < -0.39 is 0 Å². The number of pyridine rings is 3. The molecule has 0 radical (unpaired) electrons. The Balaban J connectivity index is 1.37. The maximum atomic E-state index is 13.9. The van der Waals surface area contributed by atoms with Crippen LogP contribution in [0.15, 0.2) is 85.6 Å². The number of benzene rings is 1. The highest BCUT2D eigenvalue weighted by Gasteiger charge is 2.16. The third-order valence-corrected chi connectivity index (χ3v) is 6.54. The fourth-order valence-corrected chi connectivity index (χ4v) is 4.63. The Morgan fingerprint density at radius 2 is 1.84 bits per heavy atom. The molecule has 188 valence electrons. The van der Waals surface area contributed by atoms with Crippen molar-refractivity contribution in [3.8, 4) is 33.9 Å². The second kappa shape index (κ2) is 9.89. The van der Waals surface area contributed by atoms with Crippen molar-refractivity contribution in [1.29, 1.82) is 0 Å². The van der Waals surface area contributed by atoms with Gasteiger partial charge in [-0.05, 0) is 49.2 Å². The molecule has 0 aliphatic rings. The summed E-state index contributed by atoms with van der Waals surface area (Å²) in [5, 5.41) is 12.8. The van der Waals surface area contributed by atoms with Crippen molar-refractivity contribution in [3.63, 3.8) is 0 Å². The molecule has 0 bridgehead atoms. The third-order valence-electron chi connectivity index (χ3n) is 6.54. The number of nitrogens with zero attached hydrogens (tertiary/aromatic N) is 4. The fourth-order valence-electron chi connectivity index (χ4n) is 4.63. The molecule has 0 fully saturated rings. The van der Waals surface area contributed by atoms with Crippen molar-refractivity contribution in [2.45, 2.75) is 26.2 Å². The molecular formula is C30H26FN7. The van der Waals surface area contributed by atoms with Crippen molar-refractivity contribution < 1.29 is 4.39 Å². The maximum absolute atomic E-state index is 13.9. The summed E-state index contributed by atoms with van der Waals surface area (Å²) in [4.78, 5) is 17.0. The number of hydrogen-bond donors (Lipinski definition) is 3. The number of nitrogens with one attached hydrogen (secondary N) is 3. The van der Waals surface area contributed by atoms with Crippen LogP contribution < -0.4 is 5.32 Å². The molecule has 3 N–H and O–H groups in total. The molecule has 0 saturated heterocycles. The SMILES string of the molecule is C=C(CCCC)Nc1cncc(-c2cc3c(-c4cc5c(-c6cccc(F)c6)nccc5[nH]4)n[nH]c3cn2)c1. The Labute approximate surface area is 218 Å². The minimum atomic E-state index is -0.297. The zero-order chi connectivity index (χ0) is 26.1. The summed E-state index contributed by atoms with van der Waals surface area (Å²) in [5.41, 5.74) is 8.26. The molecule has 0 unspecified atom stereocenters. The predicted octanol–water partition coefficient (Wildman–Crippen LogP) is 7.49. The fraction of sp³-hybridized carbons (Fsp3) is 0.133. The molecule has 8 heteroatoms. The number of anilines is 1. The lowest BCUT2D eigenvalue weighted by Gasteiger charge is -2.10. The van der Waals surface area contributed by atoms with E-state index in [0.717, 1.165) is 80.7 Å². The van der Waals surface area contributed by atoms with Crippen LogP contribution in [-0.2, 0) is 0 Å². The Bertz CT molecular complexity index is 1780. The second-order valence-electron chi connectivity index (χ2n) is 9.30. The van der Waals surface area contributed by atoms with E-state index in [4.69, 9.17) is 0 Å². The molecule has 6 rings (SSSR count). The normalized spacial score (nSPS) is 11.3. The van der Waals surface area contributed by atoms with Gasteiger partial charge in [0.25, 0.3) is 0 Å². The summed E-state index contributed by atoms with van der Waals surface area (Å²) in [5.74, 6) is -0.297. The lowest BCUT2D eigenvalue weighted by molar-refractivity contribution is 0.628. The van der Waals surface area contributed by atoms with Crippen LogP contribution in [0.2, 0.25) is 0 Å². The second-order valence-corrected chi connectivity index (χ2v) is 9.30. The molecule has 5 aromatic heterocycles. The number of aromatic amines is 2. The van der Waals surface area contributed by atoms with E-state index in [2.05, 4.69) is 49.0 Å². The highest BCUT2D eigenvalue weighted by atomic mass is 19.1. The summed E-state index contributed by atoms with van der Waals surface area (Å²) in [6.45, 7) is 6.29. The number of H-pyrrole nitrogens is 2. The third kappa shape index (κ3) is 4.52. The van der Waals surface area contributed by atoms with Gasteiger partial charge in [0, 0.05) is 45.5 Å². The molecule has 6 aromatic rings. The summed E-state index contributed by atoms with van der Waals surface area (Å²) in [7, 11) is 0. The first-order chi connectivity index (χ1) is 18.6. The monoisotopic (exact) mass is 503 g/mol. The molecule has 0 atom stereocenters. The van der Waals surface area contributed by atoms with Crippen molar-refractivity contribution in [3.05, 3.63) is 91.4 Å². The van der Waals surface area contributed by atoms with E-state index in [1.54, 1.807) is 30.9 Å². The van der Waals surface area contributed by atoms with Crippen molar-refractivity contribution in [2.24, 2.45) is 0 Å². The molecule has 1 aromatic carbocycles. The summed E-state index contributed by atoms with van der Waals surface area (Å²) in [6, 6.07) is 14.4. The standard InChI is InChI=1S/C30H26FN7/c1-3-4-6-18(2)35-22-12-20(15-32-16-22)26-13-24-28(17-34-26)37-38-30(24)27-14-23-25(36-27)9-10-33-29(23)19-7-5-8-21(31)11-19/h5,7-17,35-36H,2-4,6H2,1H3,(H,37,38). The van der Waals surface area contributed by atoms with Gasteiger partial charge in [0.15, 0.2) is 0 Å². The molecule has 0 saturated carbocycles. The summed E-state index contributed by atoms with van der Waals surface area (Å²) in [6.07, 6.45) is 10.2. The first kappa shape index (κ1) is 23.5. The minimum Gasteiger partial charge on any atom is -0.358 e. The average molecular weight is 504 g/mol. The van der Waals surface area contributed by atoms with Crippen LogP contribution in [-0.4, -0.2) is 30.1 Å². The van der Waals surface area contributed by atoms with Crippen molar-refractivity contribution >= 4 is 27.5 Å². The molecule has 0 amide bonds. The van der Waals surface area contributed by atoms with Crippen LogP contribution in [0.4, 0.5) is 10.1 Å². The highest BCUT2D eigenvalue weighted by Crippen LogP contribution is 2.34. The first-order valence-electron chi connectivity index (χ1n) is 12.6. The number of rotatable bonds is 8. The van der Waals surface area contributed by atoms with E-state index in [-0.39, 0.29) is 5.82 Å². The Hall–Kier alpha value is -4.85. The van der Waals surface area contributed by atoms with Gasteiger partial charge in [-0.15, -0.1) is 0 Å². The Morgan fingerprint density at radius 3 is 2.71 bits per heavy atom. The van der Waals surface area contributed by atoms with E-state index in [0.29, 0.717) is 5.69 Å². The molecule has 5 heterocycles. The topological polar surface area (TPSA) is 95.2 Å². The van der Waals surface area contributed by atoms with Gasteiger partial charge in [0.2, 0.25) is 0 Å². The van der Waals surface area contributed by atoms with Crippen molar-refractivity contribution in [1.82, 2.24) is 30.1 Å². The van der Waals surface area contributed by atoms with Crippen molar-refractivity contribution in [2.75, 3.05) is 5.32 Å². The van der Waals surface area contributed by atoms with Gasteiger partial charge in [0.1, 0.15) is 11.5 Å². The lowest BCUT2D eigenvalue weighted by Crippen LogP contribution is -1.99. The Morgan fingerprint density at radius 1 is 0.947 bits per heavy atom. The number of hydrogen-bond acceptors (Lipinski definition) is 5. The lowest BCUT2D eigenvalue weighted by atomic mass is 10.1. The quantitative estimate of drug-likeness (QED) is 0.200. The molecular weight excluding hydrogens is 477 g/mol. The van der Waals surface area contributed by atoms with E-state index in [1.165, 1.54) is 12.1 Å². The van der Waals surface area contributed by atoms with Gasteiger partial charge in [0.05, 0.1) is 40.7 Å². The van der Waals surface area contributed by atoms with Gasteiger partial charge in [-0.2, -0.15) is 5.10 Å². The molecule has 0 spiro atoms. The van der Waals surface area contributed by atoms with Crippen LogP contribution in [0, 0.1) is 5.82 Å². The van der Waals surface area contributed by atoms with Gasteiger partial charge in [-0.3, -0.25) is 20.1 Å². The average Bonchev–Trinajstić information content (AvgIpc) is 3.55. The van der Waals surface area contributed by atoms with Gasteiger partial charge >= 0.3 is 0 Å².